The first-order valence-electron chi connectivity index (χ1n) is 9.32. The van der Waals surface area contributed by atoms with E-state index in [1.165, 1.54) is 5.56 Å². The number of hydrogen-bond acceptors (Lipinski definition) is 4. The topological polar surface area (TPSA) is 69.9 Å². The van der Waals surface area contributed by atoms with Crippen molar-refractivity contribution in [2.24, 2.45) is 0 Å². The summed E-state index contributed by atoms with van der Waals surface area (Å²) in [6.45, 7) is 0.371. The van der Waals surface area contributed by atoms with Gasteiger partial charge in [0.1, 0.15) is 11.5 Å². The summed E-state index contributed by atoms with van der Waals surface area (Å²) in [5, 5.41) is 28.2. The summed E-state index contributed by atoms with van der Waals surface area (Å²) in [4.78, 5) is 0. The Morgan fingerprint density at radius 2 is 1.19 bits per heavy atom. The molecule has 2 aromatic carbocycles. The van der Waals surface area contributed by atoms with Crippen LogP contribution in [-0.4, -0.2) is 35.6 Å². The lowest BCUT2D eigenvalue weighted by atomic mass is 9.68. The molecule has 0 atom stereocenters. The van der Waals surface area contributed by atoms with Gasteiger partial charge >= 0.3 is 0 Å². The summed E-state index contributed by atoms with van der Waals surface area (Å²) in [5.41, 5.74) is 2.13. The normalized spacial score (nSPS) is 11.5. The van der Waals surface area contributed by atoms with Gasteiger partial charge in [0.25, 0.3) is 0 Å². The lowest BCUT2D eigenvalue weighted by Crippen LogP contribution is -2.28. The van der Waals surface area contributed by atoms with Crippen molar-refractivity contribution in [3.8, 4) is 11.5 Å². The predicted molar refractivity (Wildman–Crippen MR) is 104 cm³/mol. The molecule has 3 N–H and O–H groups in total. The molecule has 0 aliphatic heterocycles. The maximum atomic E-state index is 9.71. The van der Waals surface area contributed by atoms with Crippen molar-refractivity contribution in [1.82, 2.24) is 0 Å². The molecule has 2 aromatic rings. The predicted octanol–water partition coefficient (Wildman–Crippen LogP) is 4.01. The minimum absolute atomic E-state index is 0.185. The fourth-order valence-corrected chi connectivity index (χ4v) is 3.64. The van der Waals surface area contributed by atoms with Gasteiger partial charge in [0, 0.05) is 18.6 Å². The number of phenolic OH excluding ortho intramolecular Hbond substituents is 1. The van der Waals surface area contributed by atoms with Crippen molar-refractivity contribution >= 4 is 0 Å². The fraction of sp³-hybridized carbons (Fsp3) is 0.455. The Morgan fingerprint density at radius 1 is 0.731 bits per heavy atom. The molecule has 0 fully saturated rings. The first-order valence-corrected chi connectivity index (χ1v) is 9.32. The molecule has 0 aliphatic rings. The van der Waals surface area contributed by atoms with Crippen LogP contribution in [-0.2, 0) is 5.41 Å². The molecule has 0 spiro atoms. The quantitative estimate of drug-likeness (QED) is 0.531. The van der Waals surface area contributed by atoms with Crippen molar-refractivity contribution in [2.75, 3.05) is 20.3 Å². The lowest BCUT2D eigenvalue weighted by Gasteiger charge is -2.36. The van der Waals surface area contributed by atoms with Crippen molar-refractivity contribution in [3.05, 3.63) is 59.7 Å². The van der Waals surface area contributed by atoms with E-state index >= 15 is 0 Å². The highest BCUT2D eigenvalue weighted by atomic mass is 16.5. The molecule has 4 heteroatoms. The number of benzene rings is 2. The average molecular weight is 358 g/mol. The number of rotatable bonds is 11. The largest absolute Gasteiger partial charge is 0.508 e. The van der Waals surface area contributed by atoms with Crippen molar-refractivity contribution < 1.29 is 20.1 Å². The summed E-state index contributed by atoms with van der Waals surface area (Å²) in [7, 11) is 1.66. The van der Waals surface area contributed by atoms with Crippen LogP contribution in [0.5, 0.6) is 11.5 Å². The molecule has 26 heavy (non-hydrogen) atoms. The van der Waals surface area contributed by atoms with E-state index in [1.807, 2.05) is 24.3 Å². The summed E-state index contributed by atoms with van der Waals surface area (Å²) in [5.74, 6) is 1.07. The summed E-state index contributed by atoms with van der Waals surface area (Å²) >= 11 is 0. The minimum atomic E-state index is -0.218. The zero-order chi connectivity index (χ0) is 18.8. The highest BCUT2D eigenvalue weighted by Crippen LogP contribution is 2.42. The Labute approximate surface area is 156 Å². The van der Waals surface area contributed by atoms with Gasteiger partial charge in [-0.05, 0) is 73.9 Å². The van der Waals surface area contributed by atoms with Gasteiger partial charge in [-0.1, -0.05) is 24.3 Å². The Hall–Kier alpha value is -2.04. The summed E-state index contributed by atoms with van der Waals surface area (Å²) < 4.78 is 5.30. The molecule has 4 nitrogen and oxygen atoms in total. The fourth-order valence-electron chi connectivity index (χ4n) is 3.64. The van der Waals surface area contributed by atoms with Crippen LogP contribution in [0.15, 0.2) is 48.5 Å². The van der Waals surface area contributed by atoms with E-state index in [4.69, 9.17) is 4.74 Å². The van der Waals surface area contributed by atoms with E-state index in [9.17, 15) is 15.3 Å². The van der Waals surface area contributed by atoms with E-state index in [0.717, 1.165) is 49.8 Å². The number of hydrogen-bond donors (Lipinski definition) is 3. The molecule has 0 aromatic heterocycles. The van der Waals surface area contributed by atoms with Gasteiger partial charge in [0.05, 0.1) is 7.11 Å². The molecule has 142 valence electrons. The van der Waals surface area contributed by atoms with Crippen molar-refractivity contribution in [3.63, 3.8) is 0 Å². The Balaban J connectivity index is 2.46. The van der Waals surface area contributed by atoms with Crippen molar-refractivity contribution in [1.29, 1.82) is 0 Å². The van der Waals surface area contributed by atoms with Gasteiger partial charge in [0.15, 0.2) is 0 Å². The van der Waals surface area contributed by atoms with Crippen LogP contribution in [0.25, 0.3) is 0 Å². The maximum absolute atomic E-state index is 9.71. The van der Waals surface area contributed by atoms with Crippen LogP contribution >= 0.6 is 0 Å². The van der Waals surface area contributed by atoms with Crippen LogP contribution in [0, 0.1) is 0 Å². The monoisotopic (exact) mass is 358 g/mol. The second-order valence-electron chi connectivity index (χ2n) is 6.72. The highest BCUT2D eigenvalue weighted by molar-refractivity contribution is 5.43. The van der Waals surface area contributed by atoms with E-state index in [2.05, 4.69) is 12.1 Å². The van der Waals surface area contributed by atoms with Gasteiger partial charge in [-0.3, -0.25) is 0 Å². The molecule has 0 radical (unpaired) electrons. The number of aromatic hydroxyl groups is 1. The number of aliphatic hydroxyl groups is 2. The Morgan fingerprint density at radius 3 is 1.62 bits per heavy atom. The van der Waals surface area contributed by atoms with Gasteiger partial charge in [0.2, 0.25) is 0 Å². The van der Waals surface area contributed by atoms with Gasteiger partial charge < -0.3 is 20.1 Å². The molecule has 0 bridgehead atoms. The van der Waals surface area contributed by atoms with Gasteiger partial charge in [-0.25, -0.2) is 0 Å². The minimum Gasteiger partial charge on any atom is -0.508 e. The van der Waals surface area contributed by atoms with Crippen molar-refractivity contribution in [2.45, 2.75) is 43.9 Å². The van der Waals surface area contributed by atoms with Gasteiger partial charge in [-0.2, -0.15) is 0 Å². The van der Waals surface area contributed by atoms with Crippen LogP contribution in [0.2, 0.25) is 0 Å². The molecule has 0 amide bonds. The number of aliphatic hydroxyl groups excluding tert-OH is 2. The second kappa shape index (κ2) is 10.2. The molecule has 0 aliphatic carbocycles. The smallest absolute Gasteiger partial charge is 0.118 e. The number of unbranched alkanes of at least 4 members (excludes halogenated alkanes) is 2. The van der Waals surface area contributed by atoms with Crippen LogP contribution in [0.3, 0.4) is 0 Å². The zero-order valence-electron chi connectivity index (χ0n) is 15.5. The molecular weight excluding hydrogens is 328 g/mol. The van der Waals surface area contributed by atoms with Crippen LogP contribution in [0.1, 0.15) is 49.7 Å². The molecular formula is C22H30O4. The SMILES string of the molecule is COc1ccc(C(CCCCO)(CCCCO)c2ccc(O)cc2)cc1. The second-order valence-corrected chi connectivity index (χ2v) is 6.72. The average Bonchev–Trinajstić information content (AvgIpc) is 2.68. The first kappa shape index (κ1) is 20.3. The summed E-state index contributed by atoms with van der Waals surface area (Å²) in [6, 6.07) is 15.6. The molecule has 0 unspecified atom stereocenters. The van der Waals surface area contributed by atoms with Crippen LogP contribution < -0.4 is 4.74 Å². The number of ether oxygens (including phenoxy) is 1. The summed E-state index contributed by atoms with van der Waals surface area (Å²) in [6.07, 6.45) is 5.13. The Kier molecular flexibility index (Phi) is 7.95. The van der Waals surface area contributed by atoms with E-state index in [0.29, 0.717) is 0 Å². The Bertz CT molecular complexity index is 624. The third kappa shape index (κ3) is 4.99. The third-order valence-corrected chi connectivity index (χ3v) is 5.09. The van der Waals surface area contributed by atoms with Gasteiger partial charge in [-0.15, -0.1) is 0 Å². The molecule has 0 saturated heterocycles. The zero-order valence-corrected chi connectivity index (χ0v) is 15.5. The third-order valence-electron chi connectivity index (χ3n) is 5.09. The number of phenols is 1. The first-order chi connectivity index (χ1) is 12.7. The van der Waals surface area contributed by atoms with E-state index < -0.39 is 0 Å². The van der Waals surface area contributed by atoms with Crippen LogP contribution in [0.4, 0.5) is 0 Å². The molecule has 2 rings (SSSR count). The maximum Gasteiger partial charge on any atom is 0.118 e. The molecule has 0 saturated carbocycles. The number of methoxy groups -OCH3 is 1. The highest BCUT2D eigenvalue weighted by Gasteiger charge is 2.33. The molecule has 0 heterocycles. The van der Waals surface area contributed by atoms with E-state index in [-0.39, 0.29) is 24.4 Å². The van der Waals surface area contributed by atoms with E-state index in [1.54, 1.807) is 19.2 Å². The standard InChI is InChI=1S/C22H30O4/c1-26-21-12-8-19(9-13-21)22(14-2-4-16-23,15-3-5-17-24)18-6-10-20(25)11-7-18/h6-13,23-25H,2-5,14-17H2,1H3. The lowest BCUT2D eigenvalue weighted by molar-refractivity contribution is 0.265.